The van der Waals surface area contributed by atoms with Gasteiger partial charge >= 0.3 is 0 Å². The SMILES string of the molecule is CCc1ccc(C(NN)C2(OC)CCCCCC2)cc1. The molecule has 3 N–H and O–H groups in total. The average Bonchev–Trinajstić information content (AvgIpc) is 2.75. The summed E-state index contributed by atoms with van der Waals surface area (Å²) in [5, 5.41) is 0. The third kappa shape index (κ3) is 3.22. The number of aryl methyl sites for hydroxylation is 1. The summed E-state index contributed by atoms with van der Waals surface area (Å²) in [5.41, 5.74) is 5.44. The van der Waals surface area contributed by atoms with Crippen molar-refractivity contribution < 1.29 is 4.74 Å². The van der Waals surface area contributed by atoms with Gasteiger partial charge in [-0.25, -0.2) is 0 Å². The number of benzene rings is 1. The minimum absolute atomic E-state index is 0.0662. The number of rotatable bonds is 5. The molecule has 1 saturated carbocycles. The van der Waals surface area contributed by atoms with Crippen LogP contribution in [0.2, 0.25) is 0 Å². The lowest BCUT2D eigenvalue weighted by Crippen LogP contribution is -2.47. The van der Waals surface area contributed by atoms with Crippen molar-refractivity contribution in [3.8, 4) is 0 Å². The summed E-state index contributed by atoms with van der Waals surface area (Å²) in [6.45, 7) is 2.18. The Kier molecular flexibility index (Phi) is 5.58. The summed E-state index contributed by atoms with van der Waals surface area (Å²) >= 11 is 0. The zero-order valence-corrected chi connectivity index (χ0v) is 12.8. The van der Waals surface area contributed by atoms with Gasteiger partial charge in [0.1, 0.15) is 0 Å². The van der Waals surface area contributed by atoms with Gasteiger partial charge < -0.3 is 4.74 Å². The number of methoxy groups -OCH3 is 1. The smallest absolute Gasteiger partial charge is 0.0885 e. The van der Waals surface area contributed by atoms with Gasteiger partial charge in [-0.05, 0) is 30.4 Å². The van der Waals surface area contributed by atoms with Crippen molar-refractivity contribution in [3.63, 3.8) is 0 Å². The lowest BCUT2D eigenvalue weighted by Gasteiger charge is -2.39. The summed E-state index contributed by atoms with van der Waals surface area (Å²) in [6, 6.07) is 8.83. The molecule has 0 spiro atoms. The van der Waals surface area contributed by atoms with Crippen LogP contribution in [0.15, 0.2) is 24.3 Å². The Hall–Kier alpha value is -0.900. The number of nitrogens with two attached hydrogens (primary N) is 1. The van der Waals surface area contributed by atoms with Crippen molar-refractivity contribution in [1.29, 1.82) is 0 Å². The molecule has 1 atom stereocenters. The van der Waals surface area contributed by atoms with Crippen LogP contribution in [0, 0.1) is 0 Å². The van der Waals surface area contributed by atoms with Gasteiger partial charge in [0.2, 0.25) is 0 Å². The zero-order valence-electron chi connectivity index (χ0n) is 12.8. The van der Waals surface area contributed by atoms with E-state index in [1.807, 2.05) is 7.11 Å². The van der Waals surface area contributed by atoms with Crippen LogP contribution in [-0.2, 0) is 11.2 Å². The van der Waals surface area contributed by atoms with Crippen LogP contribution in [-0.4, -0.2) is 12.7 Å². The first-order chi connectivity index (χ1) is 9.75. The molecule has 1 aliphatic rings. The van der Waals surface area contributed by atoms with E-state index in [1.165, 1.54) is 36.8 Å². The van der Waals surface area contributed by atoms with Gasteiger partial charge in [0, 0.05) is 7.11 Å². The van der Waals surface area contributed by atoms with E-state index in [4.69, 9.17) is 10.6 Å². The number of nitrogens with one attached hydrogen (secondary N) is 1. The Bertz CT molecular complexity index is 394. The molecule has 2 rings (SSSR count). The highest BCUT2D eigenvalue weighted by Crippen LogP contribution is 2.39. The highest BCUT2D eigenvalue weighted by atomic mass is 16.5. The predicted molar refractivity (Wildman–Crippen MR) is 83.3 cm³/mol. The van der Waals surface area contributed by atoms with Crippen LogP contribution in [0.3, 0.4) is 0 Å². The number of hydrazine groups is 1. The molecule has 112 valence electrons. The summed E-state index contributed by atoms with van der Waals surface area (Å²) in [4.78, 5) is 0. The zero-order chi connectivity index (χ0) is 14.4. The summed E-state index contributed by atoms with van der Waals surface area (Å²) in [6.07, 6.45) is 8.27. The van der Waals surface area contributed by atoms with Crippen molar-refractivity contribution >= 4 is 0 Å². The molecule has 20 heavy (non-hydrogen) atoms. The number of hydrogen-bond donors (Lipinski definition) is 2. The van der Waals surface area contributed by atoms with E-state index in [0.29, 0.717) is 0 Å². The predicted octanol–water partition coefficient (Wildman–Crippen LogP) is 3.49. The molecule has 3 nitrogen and oxygen atoms in total. The standard InChI is InChI=1S/C17H28N2O/c1-3-14-8-10-15(11-9-14)16(19-18)17(20-2)12-6-4-5-7-13-17/h8-11,16,19H,3-7,12-13,18H2,1-2H3. The van der Waals surface area contributed by atoms with Gasteiger partial charge in [-0.1, -0.05) is 56.9 Å². The lowest BCUT2D eigenvalue weighted by atomic mass is 9.82. The first-order valence-electron chi connectivity index (χ1n) is 7.86. The first-order valence-corrected chi connectivity index (χ1v) is 7.86. The molecule has 0 saturated heterocycles. The van der Waals surface area contributed by atoms with Crippen molar-refractivity contribution in [3.05, 3.63) is 35.4 Å². The third-order valence-electron chi connectivity index (χ3n) is 4.77. The van der Waals surface area contributed by atoms with Crippen molar-refractivity contribution in [2.24, 2.45) is 5.84 Å². The van der Waals surface area contributed by atoms with Crippen LogP contribution in [0.5, 0.6) is 0 Å². The van der Waals surface area contributed by atoms with Crippen LogP contribution in [0.1, 0.15) is 62.6 Å². The minimum atomic E-state index is -0.168. The Morgan fingerprint density at radius 2 is 1.75 bits per heavy atom. The maximum atomic E-state index is 5.98. The maximum absolute atomic E-state index is 5.98. The van der Waals surface area contributed by atoms with Gasteiger partial charge in [0.15, 0.2) is 0 Å². The monoisotopic (exact) mass is 276 g/mol. The largest absolute Gasteiger partial charge is 0.376 e. The molecule has 3 heteroatoms. The second kappa shape index (κ2) is 7.21. The van der Waals surface area contributed by atoms with E-state index in [9.17, 15) is 0 Å². The topological polar surface area (TPSA) is 47.3 Å². The summed E-state index contributed by atoms with van der Waals surface area (Å²) < 4.78 is 5.98. The Balaban J connectivity index is 2.27. The summed E-state index contributed by atoms with van der Waals surface area (Å²) in [7, 11) is 1.83. The van der Waals surface area contributed by atoms with Crippen LogP contribution >= 0.6 is 0 Å². The Morgan fingerprint density at radius 1 is 1.15 bits per heavy atom. The van der Waals surface area contributed by atoms with Crippen molar-refractivity contribution in [1.82, 2.24) is 5.43 Å². The molecular weight excluding hydrogens is 248 g/mol. The molecule has 1 aromatic rings. The number of hydrogen-bond acceptors (Lipinski definition) is 3. The second-order valence-corrected chi connectivity index (χ2v) is 5.88. The Labute approximate surface area is 122 Å². The fourth-order valence-electron chi connectivity index (χ4n) is 3.44. The minimum Gasteiger partial charge on any atom is -0.376 e. The van der Waals surface area contributed by atoms with E-state index in [2.05, 4.69) is 36.6 Å². The average molecular weight is 276 g/mol. The quantitative estimate of drug-likeness (QED) is 0.491. The fraction of sp³-hybridized carbons (Fsp3) is 0.647. The van der Waals surface area contributed by atoms with Gasteiger partial charge in [0.25, 0.3) is 0 Å². The van der Waals surface area contributed by atoms with Crippen molar-refractivity contribution in [2.75, 3.05) is 7.11 Å². The fourth-order valence-corrected chi connectivity index (χ4v) is 3.44. The molecule has 1 aromatic carbocycles. The van der Waals surface area contributed by atoms with Gasteiger partial charge in [-0.3, -0.25) is 11.3 Å². The molecule has 0 radical (unpaired) electrons. The van der Waals surface area contributed by atoms with E-state index in [0.717, 1.165) is 19.3 Å². The molecule has 0 bridgehead atoms. The van der Waals surface area contributed by atoms with Crippen LogP contribution in [0.25, 0.3) is 0 Å². The highest BCUT2D eigenvalue weighted by Gasteiger charge is 2.39. The Morgan fingerprint density at radius 3 is 2.20 bits per heavy atom. The maximum Gasteiger partial charge on any atom is 0.0885 e. The molecule has 1 aliphatic carbocycles. The van der Waals surface area contributed by atoms with Gasteiger partial charge in [-0.2, -0.15) is 0 Å². The van der Waals surface area contributed by atoms with E-state index in [-0.39, 0.29) is 11.6 Å². The number of ether oxygens (including phenoxy) is 1. The van der Waals surface area contributed by atoms with Crippen molar-refractivity contribution in [2.45, 2.75) is 63.5 Å². The molecule has 0 aliphatic heterocycles. The molecule has 1 unspecified atom stereocenters. The first kappa shape index (κ1) is 15.5. The molecular formula is C17H28N2O. The second-order valence-electron chi connectivity index (χ2n) is 5.88. The molecule has 0 aromatic heterocycles. The van der Waals surface area contributed by atoms with Crippen LogP contribution in [0.4, 0.5) is 0 Å². The van der Waals surface area contributed by atoms with E-state index < -0.39 is 0 Å². The molecule has 1 fully saturated rings. The van der Waals surface area contributed by atoms with Crippen LogP contribution < -0.4 is 11.3 Å². The summed E-state index contributed by atoms with van der Waals surface area (Å²) in [5.74, 6) is 5.89. The molecule has 0 amide bonds. The molecule has 0 heterocycles. The van der Waals surface area contributed by atoms with E-state index >= 15 is 0 Å². The van der Waals surface area contributed by atoms with E-state index in [1.54, 1.807) is 0 Å². The van der Waals surface area contributed by atoms with Gasteiger partial charge in [0.05, 0.1) is 11.6 Å². The lowest BCUT2D eigenvalue weighted by molar-refractivity contribution is -0.0541. The normalized spacial score (nSPS) is 20.4. The highest BCUT2D eigenvalue weighted by molar-refractivity contribution is 5.27. The third-order valence-corrected chi connectivity index (χ3v) is 4.77. The van der Waals surface area contributed by atoms with Gasteiger partial charge in [-0.15, -0.1) is 0 Å².